The summed E-state index contributed by atoms with van der Waals surface area (Å²) in [6.07, 6.45) is 3.96. The second-order valence-corrected chi connectivity index (χ2v) is 5.33. The van der Waals surface area contributed by atoms with Gasteiger partial charge in [0.05, 0.1) is 0 Å². The van der Waals surface area contributed by atoms with Crippen LogP contribution in [-0.2, 0) is 0 Å². The minimum atomic E-state index is 0.417. The number of nitrogens with zero attached hydrogens (tertiary/aromatic N) is 4. The number of rotatable bonds is 6. The molecule has 2 N–H and O–H groups in total. The highest BCUT2D eigenvalue weighted by molar-refractivity contribution is 5.43. The minimum absolute atomic E-state index is 0.417. The number of aromatic nitrogens is 3. The highest BCUT2D eigenvalue weighted by atomic mass is 15.3. The molecule has 1 aromatic rings. The third kappa shape index (κ3) is 3.45. The van der Waals surface area contributed by atoms with Crippen LogP contribution in [0.15, 0.2) is 0 Å². The Balaban J connectivity index is 2.12. The summed E-state index contributed by atoms with van der Waals surface area (Å²) < 4.78 is 0. The van der Waals surface area contributed by atoms with Crippen molar-refractivity contribution in [2.45, 2.75) is 39.2 Å². The van der Waals surface area contributed by atoms with Crippen LogP contribution in [0.25, 0.3) is 0 Å². The van der Waals surface area contributed by atoms with Crippen molar-refractivity contribution >= 4 is 17.8 Å². The Morgan fingerprint density at radius 1 is 1.21 bits per heavy atom. The minimum Gasteiger partial charge on any atom is -0.354 e. The van der Waals surface area contributed by atoms with E-state index in [-0.39, 0.29) is 0 Å². The summed E-state index contributed by atoms with van der Waals surface area (Å²) >= 11 is 0. The number of hydrogen-bond donors (Lipinski definition) is 2. The molecule has 6 heteroatoms. The molecule has 1 saturated carbocycles. The van der Waals surface area contributed by atoms with Gasteiger partial charge in [-0.15, -0.1) is 0 Å². The van der Waals surface area contributed by atoms with Crippen LogP contribution in [0.1, 0.15) is 33.1 Å². The van der Waals surface area contributed by atoms with Crippen molar-refractivity contribution in [2.24, 2.45) is 5.92 Å². The lowest BCUT2D eigenvalue weighted by atomic mass is 9.80. The van der Waals surface area contributed by atoms with E-state index < -0.39 is 0 Å². The Morgan fingerprint density at radius 2 is 1.89 bits per heavy atom. The number of nitrogens with one attached hydrogen (secondary N) is 2. The predicted octanol–water partition coefficient (Wildman–Crippen LogP) is 1.97. The fourth-order valence-electron chi connectivity index (χ4n) is 2.13. The van der Waals surface area contributed by atoms with E-state index in [1.807, 2.05) is 25.9 Å². The SMILES string of the molecule is CCNc1nc(NC(C)C2CCC2)nc(N(C)C)n1. The highest BCUT2D eigenvalue weighted by Gasteiger charge is 2.24. The van der Waals surface area contributed by atoms with Crippen molar-refractivity contribution < 1.29 is 0 Å². The molecule has 0 radical (unpaired) electrons. The van der Waals surface area contributed by atoms with E-state index in [2.05, 4.69) is 32.5 Å². The molecule has 1 heterocycles. The van der Waals surface area contributed by atoms with Gasteiger partial charge in [-0.2, -0.15) is 15.0 Å². The third-order valence-electron chi connectivity index (χ3n) is 3.57. The van der Waals surface area contributed by atoms with E-state index in [1.165, 1.54) is 19.3 Å². The largest absolute Gasteiger partial charge is 0.354 e. The Labute approximate surface area is 115 Å². The summed E-state index contributed by atoms with van der Waals surface area (Å²) in [6, 6.07) is 0.417. The maximum absolute atomic E-state index is 4.45. The van der Waals surface area contributed by atoms with Crippen LogP contribution < -0.4 is 15.5 Å². The first kappa shape index (κ1) is 13.8. The van der Waals surface area contributed by atoms with Crippen LogP contribution in [0.4, 0.5) is 17.8 Å². The van der Waals surface area contributed by atoms with Gasteiger partial charge in [0, 0.05) is 26.7 Å². The van der Waals surface area contributed by atoms with Crippen LogP contribution in [0, 0.1) is 5.92 Å². The van der Waals surface area contributed by atoms with Crippen LogP contribution in [0.3, 0.4) is 0 Å². The second-order valence-electron chi connectivity index (χ2n) is 5.33. The summed E-state index contributed by atoms with van der Waals surface area (Å²) in [5, 5.41) is 6.55. The fraction of sp³-hybridized carbons (Fsp3) is 0.769. The van der Waals surface area contributed by atoms with Gasteiger partial charge in [-0.25, -0.2) is 0 Å². The molecular weight excluding hydrogens is 240 g/mol. The molecule has 0 bridgehead atoms. The Morgan fingerprint density at radius 3 is 2.42 bits per heavy atom. The molecule has 0 spiro atoms. The molecule has 1 aliphatic carbocycles. The van der Waals surface area contributed by atoms with E-state index in [9.17, 15) is 0 Å². The molecule has 106 valence electrons. The second kappa shape index (κ2) is 6.04. The first-order chi connectivity index (χ1) is 9.10. The smallest absolute Gasteiger partial charge is 0.231 e. The van der Waals surface area contributed by atoms with Crippen molar-refractivity contribution in [1.29, 1.82) is 0 Å². The summed E-state index contributed by atoms with van der Waals surface area (Å²) in [5.41, 5.74) is 0. The van der Waals surface area contributed by atoms with E-state index >= 15 is 0 Å². The van der Waals surface area contributed by atoms with Gasteiger partial charge in [0.15, 0.2) is 0 Å². The summed E-state index contributed by atoms with van der Waals surface area (Å²) in [5.74, 6) is 2.72. The Hall–Kier alpha value is -1.59. The molecule has 1 unspecified atom stereocenters. The maximum atomic E-state index is 4.45. The average molecular weight is 264 g/mol. The molecule has 0 aromatic carbocycles. The highest BCUT2D eigenvalue weighted by Crippen LogP contribution is 2.30. The van der Waals surface area contributed by atoms with Gasteiger partial charge in [0.2, 0.25) is 17.8 Å². The zero-order valence-electron chi connectivity index (χ0n) is 12.3. The topological polar surface area (TPSA) is 66.0 Å². The van der Waals surface area contributed by atoms with Gasteiger partial charge in [-0.1, -0.05) is 6.42 Å². The van der Waals surface area contributed by atoms with Crippen LogP contribution in [0.2, 0.25) is 0 Å². The van der Waals surface area contributed by atoms with E-state index in [0.717, 1.165) is 12.5 Å². The Bertz CT molecular complexity index is 416. The van der Waals surface area contributed by atoms with Crippen LogP contribution in [0.5, 0.6) is 0 Å². The molecule has 1 fully saturated rings. The third-order valence-corrected chi connectivity index (χ3v) is 3.57. The maximum Gasteiger partial charge on any atom is 0.231 e. The van der Waals surface area contributed by atoms with Crippen molar-refractivity contribution in [1.82, 2.24) is 15.0 Å². The van der Waals surface area contributed by atoms with Gasteiger partial charge in [0.25, 0.3) is 0 Å². The number of anilines is 3. The monoisotopic (exact) mass is 264 g/mol. The lowest BCUT2D eigenvalue weighted by Gasteiger charge is -2.32. The van der Waals surface area contributed by atoms with Gasteiger partial charge in [0.1, 0.15) is 0 Å². The zero-order valence-corrected chi connectivity index (χ0v) is 12.3. The average Bonchev–Trinajstić information content (AvgIpc) is 2.26. The fourth-order valence-corrected chi connectivity index (χ4v) is 2.13. The molecule has 0 saturated heterocycles. The van der Waals surface area contributed by atoms with E-state index in [0.29, 0.717) is 23.9 Å². The van der Waals surface area contributed by atoms with E-state index in [1.54, 1.807) is 0 Å². The van der Waals surface area contributed by atoms with Gasteiger partial charge in [-0.05, 0) is 32.6 Å². The molecule has 2 rings (SSSR count). The lowest BCUT2D eigenvalue weighted by molar-refractivity contribution is 0.284. The first-order valence-electron chi connectivity index (χ1n) is 7.04. The standard InChI is InChI=1S/C13H24N6/c1-5-14-11-16-12(18-13(17-11)19(3)4)15-9(2)10-7-6-8-10/h9-10H,5-8H2,1-4H3,(H2,14,15,16,17,18). The molecular formula is C13H24N6. The predicted molar refractivity (Wildman–Crippen MR) is 78.7 cm³/mol. The summed E-state index contributed by atoms with van der Waals surface area (Å²) in [4.78, 5) is 15.1. The van der Waals surface area contributed by atoms with Crippen molar-refractivity contribution in [3.8, 4) is 0 Å². The molecule has 1 atom stereocenters. The Kier molecular flexibility index (Phi) is 4.39. The molecule has 1 aromatic heterocycles. The van der Waals surface area contributed by atoms with Crippen molar-refractivity contribution in [2.75, 3.05) is 36.2 Å². The number of hydrogen-bond acceptors (Lipinski definition) is 6. The molecule has 0 amide bonds. The van der Waals surface area contributed by atoms with Crippen LogP contribution in [-0.4, -0.2) is 41.6 Å². The van der Waals surface area contributed by atoms with Gasteiger partial charge in [-0.3, -0.25) is 0 Å². The molecule has 19 heavy (non-hydrogen) atoms. The van der Waals surface area contributed by atoms with E-state index in [4.69, 9.17) is 0 Å². The van der Waals surface area contributed by atoms with Crippen LogP contribution >= 0.6 is 0 Å². The van der Waals surface area contributed by atoms with Gasteiger partial charge >= 0.3 is 0 Å². The normalized spacial score (nSPS) is 16.6. The van der Waals surface area contributed by atoms with Crippen molar-refractivity contribution in [3.63, 3.8) is 0 Å². The zero-order chi connectivity index (χ0) is 13.8. The summed E-state index contributed by atoms with van der Waals surface area (Å²) in [7, 11) is 3.87. The first-order valence-corrected chi connectivity index (χ1v) is 7.04. The quantitative estimate of drug-likeness (QED) is 0.819. The molecule has 0 aliphatic heterocycles. The van der Waals surface area contributed by atoms with Crippen molar-refractivity contribution in [3.05, 3.63) is 0 Å². The molecule has 1 aliphatic rings. The summed E-state index contributed by atoms with van der Waals surface area (Å²) in [6.45, 7) is 5.04. The molecule has 6 nitrogen and oxygen atoms in total. The lowest BCUT2D eigenvalue weighted by Crippen LogP contribution is -2.32. The van der Waals surface area contributed by atoms with Gasteiger partial charge < -0.3 is 15.5 Å².